The minimum atomic E-state index is -3.76. The SMILES string of the molecule is Cc1nc(-c2cc(S(=O)(=O)N3CCC[C@H](C(=O)NCCc4nc5ccccc5[nH]4)C3)c(C)s2)no1. The number of fused-ring (bicyclic) bond motifs is 1. The van der Waals surface area contributed by atoms with E-state index in [0.29, 0.717) is 53.8 Å². The molecule has 1 aliphatic heterocycles. The number of para-hydroxylation sites is 2. The van der Waals surface area contributed by atoms with Gasteiger partial charge in [0.1, 0.15) is 5.82 Å². The Morgan fingerprint density at radius 2 is 2.11 bits per heavy atom. The Labute approximate surface area is 206 Å². The van der Waals surface area contributed by atoms with Crippen molar-refractivity contribution in [1.29, 1.82) is 0 Å². The summed E-state index contributed by atoms with van der Waals surface area (Å²) in [6.07, 6.45) is 1.85. The van der Waals surface area contributed by atoms with E-state index < -0.39 is 15.9 Å². The van der Waals surface area contributed by atoms with Gasteiger partial charge in [-0.25, -0.2) is 13.4 Å². The number of hydrogen-bond acceptors (Lipinski definition) is 8. The molecule has 0 unspecified atom stereocenters. The van der Waals surface area contributed by atoms with Gasteiger partial charge in [-0.3, -0.25) is 4.79 Å². The molecule has 10 nitrogen and oxygen atoms in total. The summed E-state index contributed by atoms with van der Waals surface area (Å²) >= 11 is 1.31. The summed E-state index contributed by atoms with van der Waals surface area (Å²) in [5, 5.41) is 6.84. The molecule has 0 aliphatic carbocycles. The van der Waals surface area contributed by atoms with Gasteiger partial charge < -0.3 is 14.8 Å². The molecule has 1 saturated heterocycles. The van der Waals surface area contributed by atoms with E-state index in [4.69, 9.17) is 4.52 Å². The number of carbonyl (C=O) groups excluding carboxylic acids is 1. The van der Waals surface area contributed by atoms with Crippen LogP contribution in [0.4, 0.5) is 0 Å². The van der Waals surface area contributed by atoms with E-state index in [1.165, 1.54) is 15.6 Å². The highest BCUT2D eigenvalue weighted by Gasteiger charge is 2.35. The zero-order valence-corrected chi connectivity index (χ0v) is 21.1. The Hall–Kier alpha value is -3.09. The predicted octanol–water partition coefficient (Wildman–Crippen LogP) is 3.05. The van der Waals surface area contributed by atoms with Crippen molar-refractivity contribution in [3.05, 3.63) is 46.9 Å². The van der Waals surface area contributed by atoms with Gasteiger partial charge in [0.05, 0.1) is 26.7 Å². The van der Waals surface area contributed by atoms with Crippen LogP contribution < -0.4 is 5.32 Å². The minimum Gasteiger partial charge on any atom is -0.355 e. The summed E-state index contributed by atoms with van der Waals surface area (Å²) in [6.45, 7) is 4.42. The van der Waals surface area contributed by atoms with Gasteiger partial charge >= 0.3 is 0 Å². The normalized spacial score (nSPS) is 17.1. The van der Waals surface area contributed by atoms with Crippen molar-refractivity contribution in [1.82, 2.24) is 29.7 Å². The van der Waals surface area contributed by atoms with Crippen molar-refractivity contribution in [3.63, 3.8) is 0 Å². The third-order valence-electron chi connectivity index (χ3n) is 6.09. The lowest BCUT2D eigenvalue weighted by atomic mass is 9.99. The van der Waals surface area contributed by atoms with Gasteiger partial charge in [-0.2, -0.15) is 9.29 Å². The van der Waals surface area contributed by atoms with E-state index in [2.05, 4.69) is 25.4 Å². The number of H-pyrrole nitrogens is 1. The lowest BCUT2D eigenvalue weighted by Gasteiger charge is -2.31. The average Bonchev–Trinajstić information content (AvgIpc) is 3.57. The Kier molecular flexibility index (Phi) is 6.43. The van der Waals surface area contributed by atoms with Gasteiger partial charge in [-0.05, 0) is 38.0 Å². The number of amides is 1. The number of hydrogen-bond donors (Lipinski definition) is 2. The van der Waals surface area contributed by atoms with Crippen LogP contribution >= 0.6 is 11.3 Å². The van der Waals surface area contributed by atoms with Crippen molar-refractivity contribution in [2.45, 2.75) is 38.0 Å². The molecule has 4 heterocycles. The molecule has 0 spiro atoms. The molecule has 0 saturated carbocycles. The number of aromatic nitrogens is 4. The van der Waals surface area contributed by atoms with Crippen molar-refractivity contribution >= 4 is 38.3 Å². The fourth-order valence-corrected chi connectivity index (χ4v) is 7.33. The molecule has 5 rings (SSSR count). The quantitative estimate of drug-likeness (QED) is 0.387. The van der Waals surface area contributed by atoms with Gasteiger partial charge in [0.25, 0.3) is 0 Å². The second-order valence-electron chi connectivity index (χ2n) is 8.61. The number of rotatable bonds is 7. The molecule has 1 aromatic carbocycles. The van der Waals surface area contributed by atoms with E-state index >= 15 is 0 Å². The summed E-state index contributed by atoms with van der Waals surface area (Å²) in [5.74, 6) is 1.07. The van der Waals surface area contributed by atoms with Crippen LogP contribution in [-0.2, 0) is 21.2 Å². The summed E-state index contributed by atoms with van der Waals surface area (Å²) in [4.78, 5) is 26.3. The Morgan fingerprint density at radius 1 is 1.29 bits per heavy atom. The van der Waals surface area contributed by atoms with Crippen LogP contribution in [0.25, 0.3) is 21.7 Å². The number of imidazole rings is 1. The summed E-state index contributed by atoms with van der Waals surface area (Å²) in [6, 6.07) is 9.37. The summed E-state index contributed by atoms with van der Waals surface area (Å²) in [7, 11) is -3.76. The number of sulfonamides is 1. The van der Waals surface area contributed by atoms with Crippen LogP contribution in [0.2, 0.25) is 0 Å². The number of carbonyl (C=O) groups is 1. The molecule has 35 heavy (non-hydrogen) atoms. The van der Waals surface area contributed by atoms with Crippen LogP contribution in [0, 0.1) is 19.8 Å². The molecule has 1 fully saturated rings. The summed E-state index contributed by atoms with van der Waals surface area (Å²) in [5.41, 5.74) is 1.85. The number of piperidine rings is 1. The largest absolute Gasteiger partial charge is 0.355 e. The highest BCUT2D eigenvalue weighted by Crippen LogP contribution is 2.34. The maximum Gasteiger partial charge on any atom is 0.244 e. The van der Waals surface area contributed by atoms with Crippen LogP contribution in [0.1, 0.15) is 29.4 Å². The highest BCUT2D eigenvalue weighted by atomic mass is 32.2. The van der Waals surface area contributed by atoms with Crippen LogP contribution in [-0.4, -0.2) is 58.4 Å². The lowest BCUT2D eigenvalue weighted by Crippen LogP contribution is -2.45. The lowest BCUT2D eigenvalue weighted by molar-refractivity contribution is -0.126. The number of aryl methyl sites for hydroxylation is 2. The van der Waals surface area contributed by atoms with Gasteiger partial charge in [-0.1, -0.05) is 17.3 Å². The fourth-order valence-electron chi connectivity index (χ4n) is 4.32. The standard InChI is InChI=1S/C23H26N6O4S2/c1-14-20(12-19(34-14)22-25-15(2)33-28-22)35(31,32)29-11-5-6-16(13-29)23(30)24-10-9-21-26-17-7-3-4-8-18(17)27-21/h3-4,7-8,12,16H,5-6,9-11,13H2,1-2H3,(H,24,30)(H,26,27)/t16-/m0/s1. The number of nitrogens with zero attached hydrogens (tertiary/aromatic N) is 4. The maximum absolute atomic E-state index is 13.4. The van der Waals surface area contributed by atoms with Crippen molar-refractivity contribution < 1.29 is 17.7 Å². The third-order valence-corrected chi connectivity index (χ3v) is 9.26. The molecule has 1 atom stereocenters. The van der Waals surface area contributed by atoms with Gasteiger partial charge in [0.15, 0.2) is 0 Å². The molecule has 1 amide bonds. The first-order valence-electron chi connectivity index (χ1n) is 11.4. The predicted molar refractivity (Wildman–Crippen MR) is 131 cm³/mol. The van der Waals surface area contributed by atoms with E-state index in [-0.39, 0.29) is 17.3 Å². The van der Waals surface area contributed by atoms with Gasteiger partial charge in [0, 0.05) is 37.9 Å². The monoisotopic (exact) mass is 514 g/mol. The van der Waals surface area contributed by atoms with Crippen molar-refractivity contribution in [3.8, 4) is 10.7 Å². The summed E-state index contributed by atoms with van der Waals surface area (Å²) < 4.78 is 33.3. The Bertz CT molecular complexity index is 1440. The zero-order chi connectivity index (χ0) is 24.6. The third kappa shape index (κ3) is 4.86. The van der Waals surface area contributed by atoms with Crippen molar-refractivity contribution in [2.24, 2.45) is 5.92 Å². The van der Waals surface area contributed by atoms with Crippen LogP contribution in [0.15, 0.2) is 39.8 Å². The van der Waals surface area contributed by atoms with E-state index in [1.54, 1.807) is 19.9 Å². The fraction of sp³-hybridized carbons (Fsp3) is 0.391. The van der Waals surface area contributed by atoms with Crippen LogP contribution in [0.5, 0.6) is 0 Å². The molecule has 1 aliphatic rings. The molecule has 4 aromatic rings. The van der Waals surface area contributed by atoms with Crippen molar-refractivity contribution in [2.75, 3.05) is 19.6 Å². The number of thiophene rings is 1. The van der Waals surface area contributed by atoms with Gasteiger partial charge in [-0.15, -0.1) is 11.3 Å². The Balaban J connectivity index is 1.22. The molecule has 3 aromatic heterocycles. The molecule has 2 N–H and O–H groups in total. The van der Waals surface area contributed by atoms with E-state index in [9.17, 15) is 13.2 Å². The van der Waals surface area contributed by atoms with E-state index in [1.807, 2.05) is 24.3 Å². The molecular formula is C23H26N6O4S2. The van der Waals surface area contributed by atoms with Crippen LogP contribution in [0.3, 0.4) is 0 Å². The first-order chi connectivity index (χ1) is 16.8. The van der Waals surface area contributed by atoms with E-state index in [0.717, 1.165) is 16.9 Å². The second-order valence-corrected chi connectivity index (χ2v) is 11.8. The maximum atomic E-state index is 13.4. The Morgan fingerprint density at radius 3 is 2.89 bits per heavy atom. The highest BCUT2D eigenvalue weighted by molar-refractivity contribution is 7.89. The first kappa shape index (κ1) is 23.6. The molecule has 12 heteroatoms. The molecule has 0 radical (unpaired) electrons. The number of aromatic amines is 1. The topological polar surface area (TPSA) is 134 Å². The second kappa shape index (κ2) is 9.51. The average molecular weight is 515 g/mol. The minimum absolute atomic E-state index is 0.133. The number of nitrogens with one attached hydrogen (secondary N) is 2. The molecule has 0 bridgehead atoms. The molecular weight excluding hydrogens is 488 g/mol. The van der Waals surface area contributed by atoms with Gasteiger partial charge in [0.2, 0.25) is 27.6 Å². The smallest absolute Gasteiger partial charge is 0.244 e. The first-order valence-corrected chi connectivity index (χ1v) is 13.7. The zero-order valence-electron chi connectivity index (χ0n) is 19.4. The number of benzene rings is 1. The molecule has 184 valence electrons.